The molecule has 0 aliphatic carbocycles. The summed E-state index contributed by atoms with van der Waals surface area (Å²) in [6.45, 7) is 3.36. The molecule has 1 atom stereocenters. The lowest BCUT2D eigenvalue weighted by atomic mass is 10.2. The van der Waals surface area contributed by atoms with Crippen molar-refractivity contribution in [1.82, 2.24) is 15.3 Å². The first kappa shape index (κ1) is 14.4. The van der Waals surface area contributed by atoms with E-state index in [1.807, 2.05) is 24.3 Å². The van der Waals surface area contributed by atoms with Gasteiger partial charge in [-0.1, -0.05) is 30.8 Å². The quantitative estimate of drug-likeness (QED) is 0.649. The number of H-pyrrole nitrogens is 1. The molecule has 2 rings (SSSR count). The summed E-state index contributed by atoms with van der Waals surface area (Å²) in [4.78, 5) is 7.85. The van der Waals surface area contributed by atoms with Crippen molar-refractivity contribution < 1.29 is 5.11 Å². The summed E-state index contributed by atoms with van der Waals surface area (Å²) in [5, 5.41) is 13.5. The largest absolute Gasteiger partial charge is 0.396 e. The van der Waals surface area contributed by atoms with Gasteiger partial charge < -0.3 is 15.4 Å². The molecule has 0 saturated carbocycles. The van der Waals surface area contributed by atoms with Crippen LogP contribution in [-0.4, -0.2) is 40.0 Å². The Kier molecular flexibility index (Phi) is 5.69. The van der Waals surface area contributed by atoms with Crippen LogP contribution >= 0.6 is 11.8 Å². The van der Waals surface area contributed by atoms with E-state index in [-0.39, 0.29) is 6.61 Å². The molecule has 1 aromatic heterocycles. The lowest BCUT2D eigenvalue weighted by molar-refractivity contribution is 0.270. The smallest absolute Gasteiger partial charge is 0.166 e. The second-order valence-electron chi connectivity index (χ2n) is 4.53. The summed E-state index contributed by atoms with van der Waals surface area (Å²) in [5.41, 5.74) is 2.08. The number of para-hydroxylation sites is 2. The SMILES string of the molecule is CCCNC(CCO)CSc1nc2ccccc2[nH]1. The van der Waals surface area contributed by atoms with Gasteiger partial charge in [0.25, 0.3) is 0 Å². The first-order valence-electron chi connectivity index (χ1n) is 6.75. The van der Waals surface area contributed by atoms with Gasteiger partial charge in [-0.15, -0.1) is 0 Å². The van der Waals surface area contributed by atoms with Gasteiger partial charge in [0.2, 0.25) is 0 Å². The highest BCUT2D eigenvalue weighted by Crippen LogP contribution is 2.20. The van der Waals surface area contributed by atoms with Crippen molar-refractivity contribution >= 4 is 22.8 Å². The number of aliphatic hydroxyl groups is 1. The number of nitrogens with one attached hydrogen (secondary N) is 2. The Balaban J connectivity index is 1.91. The third-order valence-electron chi connectivity index (χ3n) is 2.95. The summed E-state index contributed by atoms with van der Waals surface area (Å²) in [5.74, 6) is 0.917. The zero-order valence-corrected chi connectivity index (χ0v) is 12.0. The molecule has 0 saturated heterocycles. The molecule has 5 heteroatoms. The maximum atomic E-state index is 9.07. The molecular formula is C14H21N3OS. The minimum absolute atomic E-state index is 0.224. The van der Waals surface area contributed by atoms with Crippen molar-refractivity contribution in [3.63, 3.8) is 0 Å². The Morgan fingerprint density at radius 3 is 3.00 bits per heavy atom. The molecule has 0 spiro atoms. The highest BCUT2D eigenvalue weighted by atomic mass is 32.2. The number of aromatic nitrogens is 2. The average molecular weight is 279 g/mol. The fraction of sp³-hybridized carbons (Fsp3) is 0.500. The monoisotopic (exact) mass is 279 g/mol. The van der Waals surface area contributed by atoms with Crippen LogP contribution in [0, 0.1) is 0 Å². The fourth-order valence-electron chi connectivity index (χ4n) is 1.93. The summed E-state index contributed by atoms with van der Waals surface area (Å²) in [6, 6.07) is 8.38. The third kappa shape index (κ3) is 4.23. The Morgan fingerprint density at radius 1 is 1.42 bits per heavy atom. The molecule has 1 heterocycles. The number of aromatic amines is 1. The molecule has 0 amide bonds. The number of fused-ring (bicyclic) bond motifs is 1. The van der Waals surface area contributed by atoms with E-state index in [0.29, 0.717) is 6.04 Å². The van der Waals surface area contributed by atoms with Gasteiger partial charge in [-0.05, 0) is 31.5 Å². The predicted octanol–water partition coefficient (Wildman–Crippen LogP) is 2.41. The Hall–Kier alpha value is -1.04. The minimum Gasteiger partial charge on any atom is -0.396 e. The van der Waals surface area contributed by atoms with Crippen molar-refractivity contribution in [2.45, 2.75) is 31.0 Å². The maximum Gasteiger partial charge on any atom is 0.166 e. The summed E-state index contributed by atoms with van der Waals surface area (Å²) in [6.07, 6.45) is 1.89. The van der Waals surface area contributed by atoms with Crippen molar-refractivity contribution in [2.24, 2.45) is 0 Å². The Labute approximate surface area is 118 Å². The van der Waals surface area contributed by atoms with Crippen LogP contribution in [0.15, 0.2) is 29.4 Å². The highest BCUT2D eigenvalue weighted by Gasteiger charge is 2.09. The number of nitrogens with zero attached hydrogens (tertiary/aromatic N) is 1. The Bertz CT molecular complexity index is 467. The molecular weight excluding hydrogens is 258 g/mol. The molecule has 0 radical (unpaired) electrons. The number of aliphatic hydroxyl groups excluding tert-OH is 1. The predicted molar refractivity (Wildman–Crippen MR) is 80.6 cm³/mol. The molecule has 3 N–H and O–H groups in total. The lowest BCUT2D eigenvalue weighted by Gasteiger charge is -2.16. The number of hydrogen-bond acceptors (Lipinski definition) is 4. The zero-order valence-electron chi connectivity index (χ0n) is 11.2. The molecule has 1 aromatic carbocycles. The van der Waals surface area contributed by atoms with Crippen LogP contribution in [0.2, 0.25) is 0 Å². The summed E-state index contributed by atoms with van der Waals surface area (Å²) in [7, 11) is 0. The van der Waals surface area contributed by atoms with E-state index in [2.05, 4.69) is 22.2 Å². The average Bonchev–Trinajstić information content (AvgIpc) is 2.84. The molecule has 104 valence electrons. The first-order valence-corrected chi connectivity index (χ1v) is 7.74. The molecule has 0 aliphatic heterocycles. The number of benzene rings is 1. The van der Waals surface area contributed by atoms with Crippen LogP contribution in [0.25, 0.3) is 11.0 Å². The molecule has 0 bridgehead atoms. The van der Waals surface area contributed by atoms with E-state index in [4.69, 9.17) is 5.11 Å². The molecule has 0 aliphatic rings. The van der Waals surface area contributed by atoms with Gasteiger partial charge in [0.1, 0.15) is 0 Å². The van der Waals surface area contributed by atoms with Crippen LogP contribution in [0.5, 0.6) is 0 Å². The van der Waals surface area contributed by atoms with Gasteiger partial charge in [0.05, 0.1) is 11.0 Å². The van der Waals surface area contributed by atoms with E-state index in [9.17, 15) is 0 Å². The van der Waals surface area contributed by atoms with E-state index < -0.39 is 0 Å². The molecule has 2 aromatic rings. The van der Waals surface area contributed by atoms with Crippen LogP contribution in [0.3, 0.4) is 0 Å². The topological polar surface area (TPSA) is 60.9 Å². The molecule has 19 heavy (non-hydrogen) atoms. The Morgan fingerprint density at radius 2 is 2.26 bits per heavy atom. The van der Waals surface area contributed by atoms with E-state index >= 15 is 0 Å². The van der Waals surface area contributed by atoms with Gasteiger partial charge in [-0.3, -0.25) is 0 Å². The van der Waals surface area contributed by atoms with Gasteiger partial charge in [-0.25, -0.2) is 4.98 Å². The summed E-state index contributed by atoms with van der Waals surface area (Å²) < 4.78 is 0. The third-order valence-corrected chi connectivity index (χ3v) is 3.99. The van der Waals surface area contributed by atoms with Gasteiger partial charge >= 0.3 is 0 Å². The first-order chi connectivity index (χ1) is 9.33. The van der Waals surface area contributed by atoms with Crippen molar-refractivity contribution in [3.05, 3.63) is 24.3 Å². The zero-order chi connectivity index (χ0) is 13.5. The second-order valence-corrected chi connectivity index (χ2v) is 5.54. The summed E-state index contributed by atoms with van der Waals surface area (Å²) >= 11 is 1.70. The van der Waals surface area contributed by atoms with E-state index in [1.54, 1.807) is 11.8 Å². The molecule has 4 nitrogen and oxygen atoms in total. The van der Waals surface area contributed by atoms with Crippen LogP contribution in [-0.2, 0) is 0 Å². The van der Waals surface area contributed by atoms with Gasteiger partial charge in [-0.2, -0.15) is 0 Å². The van der Waals surface area contributed by atoms with E-state index in [0.717, 1.165) is 41.3 Å². The normalized spacial score (nSPS) is 12.9. The van der Waals surface area contributed by atoms with Crippen molar-refractivity contribution in [1.29, 1.82) is 0 Å². The van der Waals surface area contributed by atoms with Gasteiger partial charge in [0.15, 0.2) is 5.16 Å². The number of hydrogen-bond donors (Lipinski definition) is 3. The fourth-order valence-corrected chi connectivity index (χ4v) is 2.91. The second kappa shape index (κ2) is 7.53. The maximum absolute atomic E-state index is 9.07. The highest BCUT2D eigenvalue weighted by molar-refractivity contribution is 7.99. The van der Waals surface area contributed by atoms with Gasteiger partial charge in [0, 0.05) is 18.4 Å². The minimum atomic E-state index is 0.224. The van der Waals surface area contributed by atoms with Crippen LogP contribution < -0.4 is 5.32 Å². The lowest BCUT2D eigenvalue weighted by Crippen LogP contribution is -2.32. The number of thioether (sulfide) groups is 1. The number of rotatable bonds is 8. The van der Waals surface area contributed by atoms with Crippen molar-refractivity contribution in [3.8, 4) is 0 Å². The molecule has 0 fully saturated rings. The van der Waals surface area contributed by atoms with Crippen LogP contribution in [0.4, 0.5) is 0 Å². The number of imidazole rings is 1. The van der Waals surface area contributed by atoms with E-state index in [1.165, 1.54) is 0 Å². The molecule has 1 unspecified atom stereocenters. The van der Waals surface area contributed by atoms with Crippen LogP contribution in [0.1, 0.15) is 19.8 Å². The van der Waals surface area contributed by atoms with Crippen molar-refractivity contribution in [2.75, 3.05) is 18.9 Å². The standard InChI is InChI=1S/C14H21N3OS/c1-2-8-15-11(7-9-18)10-19-14-16-12-5-3-4-6-13(12)17-14/h3-6,11,15,18H,2,7-10H2,1H3,(H,16,17).